The fourth-order valence-corrected chi connectivity index (χ4v) is 2.00. The molecule has 104 valence electrons. The van der Waals surface area contributed by atoms with E-state index in [2.05, 4.69) is 0 Å². The highest BCUT2D eigenvalue weighted by atomic mass is 19.4. The number of hydrogen-bond donors (Lipinski definition) is 0. The van der Waals surface area contributed by atoms with Crippen LogP contribution in [-0.4, -0.2) is 31.7 Å². The maximum atomic E-state index is 12.2. The molecule has 0 N–H and O–H groups in total. The Labute approximate surface area is 109 Å². The van der Waals surface area contributed by atoms with Crippen molar-refractivity contribution in [2.75, 3.05) is 24.6 Å². The predicted octanol–water partition coefficient (Wildman–Crippen LogP) is 2.80. The van der Waals surface area contributed by atoms with Crippen LogP contribution in [-0.2, 0) is 4.79 Å². The SMILES string of the molecule is O=C1CCN(c2ccccc2OCC(F)(F)F)CC1. The maximum Gasteiger partial charge on any atom is 0.422 e. The predicted molar refractivity (Wildman–Crippen MR) is 64.4 cm³/mol. The van der Waals surface area contributed by atoms with E-state index >= 15 is 0 Å². The van der Waals surface area contributed by atoms with E-state index in [4.69, 9.17) is 4.74 Å². The Morgan fingerprint density at radius 3 is 2.42 bits per heavy atom. The molecule has 1 aliphatic rings. The average molecular weight is 273 g/mol. The molecule has 0 aromatic heterocycles. The number of piperidine rings is 1. The van der Waals surface area contributed by atoms with Crippen LogP contribution in [0.15, 0.2) is 24.3 Å². The van der Waals surface area contributed by atoms with Crippen LogP contribution < -0.4 is 9.64 Å². The van der Waals surface area contributed by atoms with Gasteiger partial charge in [0.05, 0.1) is 5.69 Å². The Morgan fingerprint density at radius 1 is 1.16 bits per heavy atom. The highest BCUT2D eigenvalue weighted by Crippen LogP contribution is 2.31. The van der Waals surface area contributed by atoms with Crippen molar-refractivity contribution < 1.29 is 22.7 Å². The first kappa shape index (κ1) is 13.7. The van der Waals surface area contributed by atoms with E-state index < -0.39 is 12.8 Å². The van der Waals surface area contributed by atoms with Gasteiger partial charge < -0.3 is 9.64 Å². The number of carbonyl (C=O) groups is 1. The highest BCUT2D eigenvalue weighted by molar-refractivity contribution is 5.81. The summed E-state index contributed by atoms with van der Waals surface area (Å²) in [5.74, 6) is 0.388. The summed E-state index contributed by atoms with van der Waals surface area (Å²) in [4.78, 5) is 13.1. The fraction of sp³-hybridized carbons (Fsp3) is 0.462. The third-order valence-corrected chi connectivity index (χ3v) is 2.92. The minimum absolute atomic E-state index is 0.185. The van der Waals surface area contributed by atoms with Crippen molar-refractivity contribution in [1.82, 2.24) is 0 Å². The van der Waals surface area contributed by atoms with Crippen LogP contribution in [0.5, 0.6) is 5.75 Å². The smallest absolute Gasteiger partial charge is 0.422 e. The summed E-state index contributed by atoms with van der Waals surface area (Å²) in [6.45, 7) is -0.271. The second kappa shape index (κ2) is 5.50. The third-order valence-electron chi connectivity index (χ3n) is 2.92. The molecule has 1 saturated heterocycles. The highest BCUT2D eigenvalue weighted by Gasteiger charge is 2.29. The first-order valence-corrected chi connectivity index (χ1v) is 6.01. The standard InChI is InChI=1S/C13H14F3NO2/c14-13(15,16)9-19-12-4-2-1-3-11(12)17-7-5-10(18)6-8-17/h1-4H,5-9H2. The zero-order valence-electron chi connectivity index (χ0n) is 10.2. The molecule has 0 bridgehead atoms. The van der Waals surface area contributed by atoms with Crippen LogP contribution in [0.1, 0.15) is 12.8 Å². The zero-order chi connectivity index (χ0) is 13.9. The Bertz CT molecular complexity index is 449. The quantitative estimate of drug-likeness (QED) is 0.848. The van der Waals surface area contributed by atoms with Gasteiger partial charge in [-0.2, -0.15) is 13.2 Å². The zero-order valence-corrected chi connectivity index (χ0v) is 10.2. The first-order valence-electron chi connectivity index (χ1n) is 6.01. The molecular formula is C13H14F3NO2. The number of alkyl halides is 3. The van der Waals surface area contributed by atoms with Gasteiger partial charge in [-0.25, -0.2) is 0 Å². The van der Waals surface area contributed by atoms with Crippen LogP contribution >= 0.6 is 0 Å². The molecule has 0 amide bonds. The second-order valence-electron chi connectivity index (χ2n) is 4.40. The van der Waals surface area contributed by atoms with Gasteiger partial charge in [-0.3, -0.25) is 4.79 Å². The summed E-state index contributed by atoms with van der Waals surface area (Å²) in [5.41, 5.74) is 0.610. The van der Waals surface area contributed by atoms with Gasteiger partial charge >= 0.3 is 6.18 Å². The summed E-state index contributed by atoms with van der Waals surface area (Å²) >= 11 is 0. The molecule has 1 heterocycles. The second-order valence-corrected chi connectivity index (χ2v) is 4.40. The van der Waals surface area contributed by atoms with E-state index in [0.29, 0.717) is 31.6 Å². The summed E-state index contributed by atoms with van der Waals surface area (Å²) in [6, 6.07) is 6.59. The lowest BCUT2D eigenvalue weighted by Crippen LogP contribution is -2.34. The van der Waals surface area contributed by atoms with Gasteiger partial charge in [-0.05, 0) is 12.1 Å². The molecule has 0 aliphatic carbocycles. The number of anilines is 1. The normalized spacial score (nSPS) is 16.6. The average Bonchev–Trinajstić information content (AvgIpc) is 2.37. The Kier molecular flexibility index (Phi) is 3.97. The molecule has 0 unspecified atom stereocenters. The molecule has 0 spiro atoms. The molecule has 3 nitrogen and oxygen atoms in total. The Morgan fingerprint density at radius 2 is 1.79 bits per heavy atom. The lowest BCUT2D eigenvalue weighted by molar-refractivity contribution is -0.153. The molecule has 1 aliphatic heterocycles. The van der Waals surface area contributed by atoms with Crippen molar-refractivity contribution >= 4 is 11.5 Å². The van der Waals surface area contributed by atoms with Gasteiger partial charge in [0.1, 0.15) is 11.5 Å². The molecular weight excluding hydrogens is 259 g/mol. The van der Waals surface area contributed by atoms with Crippen molar-refractivity contribution in [3.8, 4) is 5.75 Å². The number of halogens is 3. The van der Waals surface area contributed by atoms with Gasteiger partial charge in [-0.15, -0.1) is 0 Å². The summed E-state index contributed by atoms with van der Waals surface area (Å²) in [5, 5.41) is 0. The number of ketones is 1. The van der Waals surface area contributed by atoms with Crippen molar-refractivity contribution in [3.63, 3.8) is 0 Å². The number of hydrogen-bond acceptors (Lipinski definition) is 3. The molecule has 19 heavy (non-hydrogen) atoms. The Hall–Kier alpha value is -1.72. The van der Waals surface area contributed by atoms with Crippen LogP contribution in [0.3, 0.4) is 0 Å². The van der Waals surface area contributed by atoms with E-state index in [9.17, 15) is 18.0 Å². The van der Waals surface area contributed by atoms with E-state index in [1.165, 1.54) is 6.07 Å². The number of ether oxygens (including phenoxy) is 1. The molecule has 0 radical (unpaired) electrons. The minimum Gasteiger partial charge on any atom is -0.482 e. The van der Waals surface area contributed by atoms with Gasteiger partial charge in [0, 0.05) is 25.9 Å². The van der Waals surface area contributed by atoms with E-state index in [1.54, 1.807) is 18.2 Å². The van der Waals surface area contributed by atoms with Crippen molar-refractivity contribution in [3.05, 3.63) is 24.3 Å². The van der Waals surface area contributed by atoms with E-state index in [1.807, 2.05) is 4.90 Å². The van der Waals surface area contributed by atoms with E-state index in [-0.39, 0.29) is 11.5 Å². The van der Waals surface area contributed by atoms with Gasteiger partial charge in [0.2, 0.25) is 0 Å². The van der Waals surface area contributed by atoms with Crippen molar-refractivity contribution in [1.29, 1.82) is 0 Å². The number of carbonyl (C=O) groups excluding carboxylic acids is 1. The fourth-order valence-electron chi connectivity index (χ4n) is 2.00. The van der Waals surface area contributed by atoms with Gasteiger partial charge in [-0.1, -0.05) is 12.1 Å². The number of benzene rings is 1. The summed E-state index contributed by atoms with van der Waals surface area (Å²) in [6.07, 6.45) is -3.51. The van der Waals surface area contributed by atoms with Crippen LogP contribution in [0, 0.1) is 0 Å². The lowest BCUT2D eigenvalue weighted by atomic mass is 10.1. The number of para-hydroxylation sites is 2. The minimum atomic E-state index is -4.36. The van der Waals surface area contributed by atoms with Crippen LogP contribution in [0.4, 0.5) is 18.9 Å². The lowest BCUT2D eigenvalue weighted by Gasteiger charge is -2.29. The molecule has 6 heteroatoms. The van der Waals surface area contributed by atoms with Gasteiger partial charge in [0.25, 0.3) is 0 Å². The maximum absolute atomic E-state index is 12.2. The molecule has 1 aromatic carbocycles. The molecule has 0 saturated carbocycles. The van der Waals surface area contributed by atoms with E-state index in [0.717, 1.165) is 0 Å². The third kappa shape index (κ3) is 3.87. The molecule has 1 fully saturated rings. The summed E-state index contributed by atoms with van der Waals surface area (Å²) in [7, 11) is 0. The first-order chi connectivity index (χ1) is 8.96. The number of Topliss-reactive ketones (excluding diaryl/α,β-unsaturated/α-hetero) is 1. The monoisotopic (exact) mass is 273 g/mol. The van der Waals surface area contributed by atoms with Crippen molar-refractivity contribution in [2.24, 2.45) is 0 Å². The summed E-state index contributed by atoms with van der Waals surface area (Å²) < 4.78 is 41.4. The van der Waals surface area contributed by atoms with Crippen molar-refractivity contribution in [2.45, 2.75) is 19.0 Å². The Balaban J connectivity index is 2.10. The van der Waals surface area contributed by atoms with Gasteiger partial charge in [0.15, 0.2) is 6.61 Å². The molecule has 0 atom stereocenters. The van der Waals surface area contributed by atoms with Crippen LogP contribution in [0.2, 0.25) is 0 Å². The number of rotatable bonds is 3. The largest absolute Gasteiger partial charge is 0.482 e. The number of nitrogens with zero attached hydrogens (tertiary/aromatic N) is 1. The molecule has 2 rings (SSSR count). The topological polar surface area (TPSA) is 29.5 Å². The van der Waals surface area contributed by atoms with Crippen LogP contribution in [0.25, 0.3) is 0 Å². The molecule has 1 aromatic rings.